The highest BCUT2D eigenvalue weighted by molar-refractivity contribution is 5.90. The van der Waals surface area contributed by atoms with Gasteiger partial charge >= 0.3 is 5.97 Å². The smallest absolute Gasteiger partial charge is 0.334 e. The molecule has 0 aliphatic carbocycles. The molecular weight excluding hydrogens is 548 g/mol. The molecule has 1 saturated heterocycles. The molecule has 0 unspecified atom stereocenters. The van der Waals surface area contributed by atoms with Crippen molar-refractivity contribution >= 4 is 5.97 Å². The first kappa shape index (κ1) is 38.2. The molecule has 8 nitrogen and oxygen atoms in total. The summed E-state index contributed by atoms with van der Waals surface area (Å²) in [6.07, 6.45) is 18.0. The van der Waals surface area contributed by atoms with Gasteiger partial charge in [0, 0.05) is 18.4 Å². The van der Waals surface area contributed by atoms with Crippen molar-refractivity contribution in [3.63, 3.8) is 0 Å². The van der Waals surface area contributed by atoms with Crippen molar-refractivity contribution in [1.82, 2.24) is 0 Å². The average Bonchev–Trinajstić information content (AvgIpc) is 3.58. The maximum absolute atomic E-state index is 11.7. The fraction of sp³-hybridized carbons (Fsp3) is 0.914. The molecule has 0 aromatic rings. The third kappa shape index (κ3) is 16.7. The maximum atomic E-state index is 11.7. The lowest BCUT2D eigenvalue weighted by atomic mass is 9.98. The summed E-state index contributed by atoms with van der Waals surface area (Å²) in [6, 6.07) is 0. The van der Waals surface area contributed by atoms with Gasteiger partial charge in [0.25, 0.3) is 0 Å². The Morgan fingerprint density at radius 1 is 0.674 bits per heavy atom. The van der Waals surface area contributed by atoms with Gasteiger partial charge in [-0.15, -0.1) is 0 Å². The van der Waals surface area contributed by atoms with E-state index < -0.39 is 30.5 Å². The molecule has 8 atom stereocenters. The summed E-state index contributed by atoms with van der Waals surface area (Å²) in [5.74, 6) is -0.352. The topological polar surface area (TPSA) is 137 Å². The van der Waals surface area contributed by atoms with Crippen LogP contribution in [0.4, 0.5) is 0 Å². The highest BCUT2D eigenvalue weighted by Crippen LogP contribution is 2.29. The maximum Gasteiger partial charge on any atom is 0.334 e. The van der Waals surface area contributed by atoms with E-state index in [0.717, 1.165) is 38.5 Å². The molecule has 8 heteroatoms. The summed E-state index contributed by atoms with van der Waals surface area (Å²) in [6.45, 7) is 4.04. The van der Waals surface area contributed by atoms with E-state index in [0.29, 0.717) is 44.1 Å². The van der Waals surface area contributed by atoms with E-state index in [1.165, 1.54) is 51.4 Å². The predicted molar refractivity (Wildman–Crippen MR) is 170 cm³/mol. The molecule has 1 fully saturated rings. The van der Waals surface area contributed by atoms with E-state index in [1.54, 1.807) is 13.0 Å². The lowest BCUT2D eigenvalue weighted by Crippen LogP contribution is -2.33. The van der Waals surface area contributed by atoms with Crippen LogP contribution in [0.5, 0.6) is 0 Å². The number of ether oxygens (including phenoxy) is 2. The van der Waals surface area contributed by atoms with Crippen molar-refractivity contribution < 1.29 is 39.8 Å². The number of esters is 1. The monoisotopic (exact) mass is 612 g/mol. The van der Waals surface area contributed by atoms with Crippen LogP contribution >= 0.6 is 0 Å². The normalized spacial score (nSPS) is 24.0. The van der Waals surface area contributed by atoms with Gasteiger partial charge in [0.2, 0.25) is 0 Å². The summed E-state index contributed by atoms with van der Waals surface area (Å²) in [4.78, 5) is 11.7. The van der Waals surface area contributed by atoms with Crippen molar-refractivity contribution in [2.24, 2.45) is 0 Å². The van der Waals surface area contributed by atoms with Crippen LogP contribution in [0.1, 0.15) is 155 Å². The Balaban J connectivity index is 1.45. The number of carbonyl (C=O) groups is 1. The second-order valence-corrected chi connectivity index (χ2v) is 13.3. The van der Waals surface area contributed by atoms with E-state index >= 15 is 0 Å². The summed E-state index contributed by atoms with van der Waals surface area (Å²) < 4.78 is 11.0. The van der Waals surface area contributed by atoms with Crippen LogP contribution in [0.2, 0.25) is 0 Å². The molecule has 2 aliphatic heterocycles. The number of aliphatic hydroxyl groups is 5. The molecule has 0 spiro atoms. The van der Waals surface area contributed by atoms with Crippen molar-refractivity contribution in [3.8, 4) is 0 Å². The van der Waals surface area contributed by atoms with Gasteiger partial charge in [-0.25, -0.2) is 4.79 Å². The van der Waals surface area contributed by atoms with Gasteiger partial charge in [0.05, 0.1) is 42.7 Å². The van der Waals surface area contributed by atoms with Gasteiger partial charge in [-0.3, -0.25) is 0 Å². The molecule has 252 valence electrons. The van der Waals surface area contributed by atoms with Crippen LogP contribution in [0, 0.1) is 0 Å². The Bertz CT molecular complexity index is 758. The fourth-order valence-electron chi connectivity index (χ4n) is 6.46. The van der Waals surface area contributed by atoms with Gasteiger partial charge in [-0.05, 0) is 64.4 Å². The van der Waals surface area contributed by atoms with Crippen LogP contribution < -0.4 is 0 Å². The second-order valence-electron chi connectivity index (χ2n) is 13.3. The van der Waals surface area contributed by atoms with Crippen molar-refractivity contribution in [2.75, 3.05) is 0 Å². The zero-order chi connectivity index (χ0) is 31.5. The Morgan fingerprint density at radius 3 is 1.79 bits per heavy atom. The van der Waals surface area contributed by atoms with Crippen LogP contribution in [-0.4, -0.2) is 80.3 Å². The van der Waals surface area contributed by atoms with Gasteiger partial charge in [0.15, 0.2) is 0 Å². The zero-order valence-corrected chi connectivity index (χ0v) is 27.2. The van der Waals surface area contributed by atoms with E-state index in [4.69, 9.17) is 9.47 Å². The number of carbonyl (C=O) groups excluding carboxylic acids is 1. The van der Waals surface area contributed by atoms with E-state index in [-0.39, 0.29) is 37.1 Å². The van der Waals surface area contributed by atoms with Crippen molar-refractivity contribution in [3.05, 3.63) is 11.6 Å². The largest absolute Gasteiger partial charge is 0.455 e. The quantitative estimate of drug-likeness (QED) is 0.0590. The molecule has 0 aromatic heterocycles. The van der Waals surface area contributed by atoms with Gasteiger partial charge < -0.3 is 35.0 Å². The molecule has 2 heterocycles. The lowest BCUT2D eigenvalue weighted by Gasteiger charge is -2.23. The molecule has 0 aromatic carbocycles. The third-order valence-electron chi connectivity index (χ3n) is 9.16. The Kier molecular flexibility index (Phi) is 19.9. The van der Waals surface area contributed by atoms with Crippen molar-refractivity contribution in [2.45, 2.75) is 204 Å². The number of hydrogen-bond donors (Lipinski definition) is 5. The Morgan fingerprint density at radius 2 is 1.19 bits per heavy atom. The molecule has 2 rings (SSSR count). The first-order valence-electron chi connectivity index (χ1n) is 17.7. The molecule has 43 heavy (non-hydrogen) atoms. The van der Waals surface area contributed by atoms with Gasteiger partial charge in [-0.1, -0.05) is 84.0 Å². The summed E-state index contributed by atoms with van der Waals surface area (Å²) in [5.41, 5.74) is 0.528. The highest BCUT2D eigenvalue weighted by atomic mass is 16.5. The van der Waals surface area contributed by atoms with Crippen LogP contribution in [0.3, 0.4) is 0 Å². The number of unbranched alkanes of at least 4 members (excludes halogenated alkanes) is 10. The summed E-state index contributed by atoms with van der Waals surface area (Å²) in [5, 5.41) is 52.1. The Labute approximate surface area is 261 Å². The Hall–Kier alpha value is -1.03. The minimum absolute atomic E-state index is 0.224. The third-order valence-corrected chi connectivity index (χ3v) is 9.16. The number of aliphatic hydroxyl groups excluding tert-OH is 5. The number of hydrogen-bond acceptors (Lipinski definition) is 8. The van der Waals surface area contributed by atoms with Crippen LogP contribution in [-0.2, 0) is 14.3 Å². The standard InChI is InChI=1S/C35H64O8/c1-3-4-5-6-7-8-9-10-11-12-20-31(39)33-21-22-34(43-33)32(40)25-30(38)17-14-13-16-28(36)18-15-19-29(37)24-27-23-26(2)42-35(27)41/h23,26,28-34,36-40H,3-22,24-25H2,1-2H3/t26-,28-,29+,30+,31+,32-,33-,34+/m0/s1. The number of rotatable bonds is 26. The minimum atomic E-state index is -0.744. The summed E-state index contributed by atoms with van der Waals surface area (Å²) >= 11 is 0. The molecule has 0 radical (unpaired) electrons. The molecule has 0 amide bonds. The first-order valence-corrected chi connectivity index (χ1v) is 17.7. The van der Waals surface area contributed by atoms with Gasteiger partial charge in [-0.2, -0.15) is 0 Å². The van der Waals surface area contributed by atoms with Crippen LogP contribution in [0.15, 0.2) is 11.6 Å². The molecule has 2 aliphatic rings. The fourth-order valence-corrected chi connectivity index (χ4v) is 6.46. The number of cyclic esters (lactones) is 1. The van der Waals surface area contributed by atoms with E-state index in [1.807, 2.05) is 0 Å². The van der Waals surface area contributed by atoms with E-state index in [2.05, 4.69) is 6.92 Å². The molecular formula is C35H64O8. The minimum Gasteiger partial charge on any atom is -0.455 e. The lowest BCUT2D eigenvalue weighted by molar-refractivity contribution is -0.139. The average molecular weight is 613 g/mol. The highest BCUT2D eigenvalue weighted by Gasteiger charge is 2.35. The first-order chi connectivity index (χ1) is 20.7. The second kappa shape index (κ2) is 22.5. The molecule has 0 saturated carbocycles. The van der Waals surface area contributed by atoms with Crippen molar-refractivity contribution in [1.29, 1.82) is 0 Å². The molecule has 0 bridgehead atoms. The van der Waals surface area contributed by atoms with Crippen LogP contribution in [0.25, 0.3) is 0 Å². The van der Waals surface area contributed by atoms with Gasteiger partial charge in [0.1, 0.15) is 6.10 Å². The SMILES string of the molecule is CCCCCCCCCCCC[C@@H](O)[C@@H]1CC[C@H]([C@@H](O)C[C@H](O)CCCC[C@H](O)CCC[C@@H](O)CC2=C[C@H](C)OC2=O)O1. The summed E-state index contributed by atoms with van der Waals surface area (Å²) in [7, 11) is 0. The zero-order valence-electron chi connectivity index (χ0n) is 27.2. The predicted octanol–water partition coefficient (Wildman–Crippen LogP) is 6.03. The molecule has 5 N–H and O–H groups in total. The van der Waals surface area contributed by atoms with E-state index in [9.17, 15) is 30.3 Å².